The van der Waals surface area contributed by atoms with Crippen molar-refractivity contribution in [1.82, 2.24) is 15.2 Å². The summed E-state index contributed by atoms with van der Waals surface area (Å²) in [6, 6.07) is 4.14. The molecule has 10 heteroatoms. The molecule has 2 rings (SSSR count). The van der Waals surface area contributed by atoms with Crippen molar-refractivity contribution in [3.63, 3.8) is 0 Å². The molecule has 0 atom stereocenters. The molecule has 0 bridgehead atoms. The largest absolute Gasteiger partial charge is 0.389 e. The van der Waals surface area contributed by atoms with Gasteiger partial charge < -0.3 is 5.73 Å². The lowest BCUT2D eigenvalue weighted by Crippen LogP contribution is -2.16. The van der Waals surface area contributed by atoms with Crippen LogP contribution in [-0.4, -0.2) is 28.6 Å². The highest BCUT2D eigenvalue weighted by Gasteiger charge is 2.19. The summed E-state index contributed by atoms with van der Waals surface area (Å²) in [7, 11) is -3.92. The number of sulfonamides is 1. The number of benzene rings is 1. The zero-order valence-electron chi connectivity index (χ0n) is 9.82. The molecule has 0 aliphatic rings. The fourth-order valence-electron chi connectivity index (χ4n) is 1.34. The summed E-state index contributed by atoms with van der Waals surface area (Å²) in [5, 5.41) is 7.04. The quantitative estimate of drug-likeness (QED) is 0.803. The van der Waals surface area contributed by atoms with Crippen LogP contribution in [0.1, 0.15) is 5.56 Å². The third-order valence-corrected chi connectivity index (χ3v) is 4.26. The number of hydrogen-bond donors (Lipinski definition) is 2. The van der Waals surface area contributed by atoms with Crippen molar-refractivity contribution in [3.05, 3.63) is 41.2 Å². The van der Waals surface area contributed by atoms with Crippen LogP contribution < -0.4 is 10.5 Å². The van der Waals surface area contributed by atoms with Gasteiger partial charge in [-0.05, 0) is 12.1 Å². The molecule has 0 unspecified atom stereocenters. The zero-order valence-corrected chi connectivity index (χ0v) is 12.2. The standard InChI is InChI=1S/C10H8ClN5O2S2/c11-7-5-6(9(12)19)1-2-8(7)20(17,18)16-10-13-3-4-14-15-10/h1-5H,(H2,12,19)(H,13,15,16). The van der Waals surface area contributed by atoms with E-state index in [2.05, 4.69) is 19.9 Å². The van der Waals surface area contributed by atoms with Gasteiger partial charge in [-0.2, -0.15) is 5.10 Å². The first kappa shape index (κ1) is 14.6. The predicted molar refractivity (Wildman–Crippen MR) is 78.0 cm³/mol. The van der Waals surface area contributed by atoms with E-state index in [-0.39, 0.29) is 20.9 Å². The Kier molecular flexibility index (Phi) is 4.12. The van der Waals surface area contributed by atoms with E-state index in [0.717, 1.165) is 0 Å². The molecule has 7 nitrogen and oxygen atoms in total. The fraction of sp³-hybridized carbons (Fsp3) is 0. The molecule has 0 aliphatic heterocycles. The van der Waals surface area contributed by atoms with Gasteiger partial charge >= 0.3 is 0 Å². The van der Waals surface area contributed by atoms with Gasteiger partial charge in [0, 0.05) is 5.56 Å². The maximum Gasteiger partial charge on any atom is 0.265 e. The number of halogens is 1. The Morgan fingerprint density at radius 2 is 2.10 bits per heavy atom. The number of anilines is 1. The molecule has 20 heavy (non-hydrogen) atoms. The average Bonchev–Trinajstić information content (AvgIpc) is 2.38. The molecular formula is C10H8ClN5O2S2. The highest BCUT2D eigenvalue weighted by Crippen LogP contribution is 2.24. The molecule has 1 heterocycles. The molecule has 0 spiro atoms. The number of nitrogens with zero attached hydrogens (tertiary/aromatic N) is 3. The number of nitrogens with one attached hydrogen (secondary N) is 1. The molecule has 0 saturated heterocycles. The summed E-state index contributed by atoms with van der Waals surface area (Å²) in [5.74, 6) is -0.151. The molecule has 1 aromatic carbocycles. The van der Waals surface area contributed by atoms with Gasteiger partial charge in [0.25, 0.3) is 16.0 Å². The summed E-state index contributed by atoms with van der Waals surface area (Å²) in [6.07, 6.45) is 2.63. The Morgan fingerprint density at radius 3 is 2.65 bits per heavy atom. The Hall–Kier alpha value is -1.84. The van der Waals surface area contributed by atoms with E-state index in [1.165, 1.54) is 30.6 Å². The first-order chi connectivity index (χ1) is 9.40. The molecule has 0 saturated carbocycles. The molecule has 104 valence electrons. The SMILES string of the molecule is NC(=S)c1ccc(S(=O)(=O)Nc2nccnn2)c(Cl)c1. The molecule has 0 radical (unpaired) electrons. The lowest BCUT2D eigenvalue weighted by molar-refractivity contribution is 0.600. The van der Waals surface area contributed by atoms with Crippen molar-refractivity contribution < 1.29 is 8.42 Å². The van der Waals surface area contributed by atoms with Crippen molar-refractivity contribution in [3.8, 4) is 0 Å². The summed E-state index contributed by atoms with van der Waals surface area (Å²) >= 11 is 10.7. The Morgan fingerprint density at radius 1 is 1.35 bits per heavy atom. The van der Waals surface area contributed by atoms with Crippen LogP contribution >= 0.6 is 23.8 Å². The third kappa shape index (κ3) is 3.18. The second-order valence-corrected chi connectivity index (χ2v) is 6.08. The number of hydrogen-bond acceptors (Lipinski definition) is 6. The predicted octanol–water partition coefficient (Wildman–Crippen LogP) is 0.960. The third-order valence-electron chi connectivity index (χ3n) is 2.21. The van der Waals surface area contributed by atoms with Crippen molar-refractivity contribution in [1.29, 1.82) is 0 Å². The van der Waals surface area contributed by atoms with E-state index < -0.39 is 10.0 Å². The minimum absolute atomic E-state index is 0.00769. The highest BCUT2D eigenvalue weighted by molar-refractivity contribution is 7.92. The Labute approximate surface area is 125 Å². The first-order valence-corrected chi connectivity index (χ1v) is 7.43. The van der Waals surface area contributed by atoms with Gasteiger partial charge in [0.2, 0.25) is 0 Å². The van der Waals surface area contributed by atoms with Crippen LogP contribution in [0.5, 0.6) is 0 Å². The van der Waals surface area contributed by atoms with E-state index >= 15 is 0 Å². The fourth-order valence-corrected chi connectivity index (χ4v) is 2.96. The summed E-state index contributed by atoms with van der Waals surface area (Å²) < 4.78 is 26.4. The summed E-state index contributed by atoms with van der Waals surface area (Å²) in [5.41, 5.74) is 5.92. The van der Waals surface area contributed by atoms with Gasteiger partial charge in [0.1, 0.15) is 9.88 Å². The maximum absolute atomic E-state index is 12.1. The zero-order chi connectivity index (χ0) is 14.8. The smallest absolute Gasteiger partial charge is 0.265 e. The Balaban J connectivity index is 2.37. The number of rotatable bonds is 4. The van der Waals surface area contributed by atoms with Crippen LogP contribution in [0.4, 0.5) is 5.95 Å². The van der Waals surface area contributed by atoms with Crippen molar-refractivity contribution in [2.75, 3.05) is 4.72 Å². The lowest BCUT2D eigenvalue weighted by Gasteiger charge is -2.08. The van der Waals surface area contributed by atoms with Crippen LogP contribution in [0.2, 0.25) is 5.02 Å². The van der Waals surface area contributed by atoms with Crippen LogP contribution in [0, 0.1) is 0 Å². The van der Waals surface area contributed by atoms with Gasteiger partial charge in [-0.25, -0.2) is 18.1 Å². The average molecular weight is 330 g/mol. The van der Waals surface area contributed by atoms with Gasteiger partial charge in [-0.1, -0.05) is 29.9 Å². The van der Waals surface area contributed by atoms with E-state index in [1.54, 1.807) is 0 Å². The van der Waals surface area contributed by atoms with E-state index in [9.17, 15) is 8.42 Å². The second-order valence-electron chi connectivity index (χ2n) is 3.58. The van der Waals surface area contributed by atoms with Crippen LogP contribution in [0.25, 0.3) is 0 Å². The summed E-state index contributed by atoms with van der Waals surface area (Å²) in [4.78, 5) is 3.71. The highest BCUT2D eigenvalue weighted by atomic mass is 35.5. The minimum Gasteiger partial charge on any atom is -0.389 e. The van der Waals surface area contributed by atoms with Crippen molar-refractivity contribution >= 4 is 44.8 Å². The molecular weight excluding hydrogens is 322 g/mol. The minimum atomic E-state index is -3.92. The molecule has 0 aliphatic carbocycles. The van der Waals surface area contributed by atoms with Gasteiger partial charge in [0.05, 0.1) is 17.4 Å². The summed E-state index contributed by atoms with van der Waals surface area (Å²) in [6.45, 7) is 0. The molecule has 0 amide bonds. The maximum atomic E-state index is 12.1. The number of aromatic nitrogens is 3. The molecule has 2 aromatic rings. The normalized spacial score (nSPS) is 11.1. The van der Waals surface area contributed by atoms with E-state index in [1.807, 2.05) is 0 Å². The van der Waals surface area contributed by atoms with Crippen molar-refractivity contribution in [2.24, 2.45) is 5.73 Å². The number of nitrogens with two attached hydrogens (primary N) is 1. The molecule has 3 N–H and O–H groups in total. The molecule has 0 fully saturated rings. The lowest BCUT2D eigenvalue weighted by atomic mass is 10.2. The van der Waals surface area contributed by atoms with E-state index in [0.29, 0.717) is 5.56 Å². The number of thiocarbonyl (C=S) groups is 1. The van der Waals surface area contributed by atoms with Gasteiger partial charge in [-0.3, -0.25) is 0 Å². The van der Waals surface area contributed by atoms with Crippen LogP contribution in [0.15, 0.2) is 35.5 Å². The molecule has 1 aromatic heterocycles. The first-order valence-electron chi connectivity index (χ1n) is 5.16. The Bertz CT molecular complexity index is 751. The van der Waals surface area contributed by atoms with Crippen LogP contribution in [0.3, 0.4) is 0 Å². The second kappa shape index (κ2) is 5.65. The van der Waals surface area contributed by atoms with Gasteiger partial charge in [0.15, 0.2) is 0 Å². The monoisotopic (exact) mass is 329 g/mol. The van der Waals surface area contributed by atoms with Gasteiger partial charge in [-0.15, -0.1) is 5.10 Å². The van der Waals surface area contributed by atoms with Crippen LogP contribution in [-0.2, 0) is 10.0 Å². The van der Waals surface area contributed by atoms with Crippen molar-refractivity contribution in [2.45, 2.75) is 4.90 Å². The van der Waals surface area contributed by atoms with E-state index in [4.69, 9.17) is 29.6 Å². The topological polar surface area (TPSA) is 111 Å².